The van der Waals surface area contributed by atoms with E-state index in [9.17, 15) is 8.78 Å². The molecule has 0 fully saturated rings. The van der Waals surface area contributed by atoms with Crippen molar-refractivity contribution in [2.45, 2.75) is 26.1 Å². The number of ether oxygens (including phenoxy) is 1. The molecule has 0 unspecified atom stereocenters. The fourth-order valence-corrected chi connectivity index (χ4v) is 1.35. The van der Waals surface area contributed by atoms with E-state index in [0.29, 0.717) is 0 Å². The first-order valence-electron chi connectivity index (χ1n) is 4.85. The van der Waals surface area contributed by atoms with Gasteiger partial charge >= 0.3 is 0 Å². The third kappa shape index (κ3) is 3.25. The number of nitrogens with two attached hydrogens (primary N) is 1. The molecule has 0 aliphatic carbocycles. The van der Waals surface area contributed by atoms with Crippen LogP contribution < -0.4 is 5.73 Å². The fourth-order valence-electron chi connectivity index (χ4n) is 1.35. The Balaban J connectivity index is 2.95. The van der Waals surface area contributed by atoms with Crippen molar-refractivity contribution in [2.75, 3.05) is 6.54 Å². The molecule has 0 saturated heterocycles. The predicted molar refractivity (Wildman–Crippen MR) is 54.4 cm³/mol. The van der Waals surface area contributed by atoms with E-state index in [4.69, 9.17) is 10.5 Å². The molecule has 0 radical (unpaired) electrons. The average molecular weight is 215 g/mol. The zero-order valence-electron chi connectivity index (χ0n) is 8.84. The van der Waals surface area contributed by atoms with Crippen molar-refractivity contribution in [1.29, 1.82) is 0 Å². The van der Waals surface area contributed by atoms with Crippen molar-refractivity contribution < 1.29 is 13.5 Å². The highest BCUT2D eigenvalue weighted by Crippen LogP contribution is 2.22. The SMILES string of the molecule is CC(C)O[C@H](CN)c1cc(F)ccc1F. The van der Waals surface area contributed by atoms with E-state index in [1.165, 1.54) is 0 Å². The van der Waals surface area contributed by atoms with Gasteiger partial charge in [-0.1, -0.05) is 0 Å². The summed E-state index contributed by atoms with van der Waals surface area (Å²) in [6.07, 6.45) is -0.679. The summed E-state index contributed by atoms with van der Waals surface area (Å²) in [4.78, 5) is 0. The van der Waals surface area contributed by atoms with Gasteiger partial charge in [-0.3, -0.25) is 0 Å². The van der Waals surface area contributed by atoms with Crippen LogP contribution in [0.2, 0.25) is 0 Å². The van der Waals surface area contributed by atoms with Gasteiger partial charge in [0.2, 0.25) is 0 Å². The lowest BCUT2D eigenvalue weighted by Gasteiger charge is -2.19. The first kappa shape index (κ1) is 12.1. The number of benzene rings is 1. The molecule has 2 nitrogen and oxygen atoms in total. The molecule has 1 atom stereocenters. The quantitative estimate of drug-likeness (QED) is 0.837. The van der Waals surface area contributed by atoms with E-state index in [2.05, 4.69) is 0 Å². The molecule has 1 aromatic carbocycles. The molecule has 2 N–H and O–H groups in total. The first-order valence-corrected chi connectivity index (χ1v) is 4.85. The molecule has 0 amide bonds. The van der Waals surface area contributed by atoms with Crippen LogP contribution in [0.5, 0.6) is 0 Å². The molecule has 0 aromatic heterocycles. The zero-order chi connectivity index (χ0) is 11.4. The molecule has 1 rings (SSSR count). The topological polar surface area (TPSA) is 35.2 Å². The molecule has 84 valence electrons. The number of hydrogen-bond donors (Lipinski definition) is 1. The highest BCUT2D eigenvalue weighted by molar-refractivity contribution is 5.21. The van der Waals surface area contributed by atoms with Crippen molar-refractivity contribution >= 4 is 0 Å². The largest absolute Gasteiger partial charge is 0.369 e. The standard InChI is InChI=1S/C11H15F2NO/c1-7(2)15-11(6-14)9-5-8(12)3-4-10(9)13/h3-5,7,11H,6,14H2,1-2H3/t11-/m1/s1. The summed E-state index contributed by atoms with van der Waals surface area (Å²) < 4.78 is 31.7. The Labute approximate surface area is 88.0 Å². The van der Waals surface area contributed by atoms with Crippen LogP contribution in [0.15, 0.2) is 18.2 Å². The second-order valence-electron chi connectivity index (χ2n) is 3.58. The van der Waals surface area contributed by atoms with E-state index in [1.807, 2.05) is 13.8 Å². The third-order valence-corrected chi connectivity index (χ3v) is 1.96. The van der Waals surface area contributed by atoms with Crippen molar-refractivity contribution in [3.63, 3.8) is 0 Å². The highest BCUT2D eigenvalue weighted by atomic mass is 19.1. The summed E-state index contributed by atoms with van der Waals surface area (Å²) in [5.74, 6) is -0.982. The van der Waals surface area contributed by atoms with Gasteiger partial charge in [-0.25, -0.2) is 8.78 Å². The first-order chi connectivity index (χ1) is 7.04. The molecule has 1 aromatic rings. The zero-order valence-corrected chi connectivity index (χ0v) is 8.84. The Kier molecular flexibility index (Phi) is 4.17. The van der Waals surface area contributed by atoms with Gasteiger partial charge in [0.15, 0.2) is 0 Å². The summed E-state index contributed by atoms with van der Waals surface area (Å²) >= 11 is 0. The molecule has 0 bridgehead atoms. The fraction of sp³-hybridized carbons (Fsp3) is 0.455. The molecule has 15 heavy (non-hydrogen) atoms. The number of hydrogen-bond acceptors (Lipinski definition) is 2. The Morgan fingerprint density at radius 3 is 2.53 bits per heavy atom. The van der Waals surface area contributed by atoms with Crippen molar-refractivity contribution in [1.82, 2.24) is 0 Å². The summed E-state index contributed by atoms with van der Waals surface area (Å²) in [6, 6.07) is 3.27. The van der Waals surface area contributed by atoms with E-state index < -0.39 is 17.7 Å². The van der Waals surface area contributed by atoms with Crippen LogP contribution in [-0.2, 0) is 4.74 Å². The minimum absolute atomic E-state index is 0.0822. The van der Waals surface area contributed by atoms with Gasteiger partial charge in [-0.05, 0) is 32.0 Å². The van der Waals surface area contributed by atoms with Gasteiger partial charge < -0.3 is 10.5 Å². The Morgan fingerprint density at radius 2 is 2.00 bits per heavy atom. The van der Waals surface area contributed by atoms with Crippen LogP contribution in [0.4, 0.5) is 8.78 Å². The highest BCUT2D eigenvalue weighted by Gasteiger charge is 2.16. The van der Waals surface area contributed by atoms with Gasteiger partial charge in [0.05, 0.1) is 12.2 Å². The monoisotopic (exact) mass is 215 g/mol. The van der Waals surface area contributed by atoms with Crippen LogP contribution in [0, 0.1) is 11.6 Å². The van der Waals surface area contributed by atoms with Crippen LogP contribution in [0.3, 0.4) is 0 Å². The summed E-state index contributed by atoms with van der Waals surface area (Å²) in [7, 11) is 0. The molecule has 0 saturated carbocycles. The number of rotatable bonds is 4. The summed E-state index contributed by atoms with van der Waals surface area (Å²) in [6.45, 7) is 3.76. The molecular formula is C11H15F2NO. The maximum absolute atomic E-state index is 13.4. The van der Waals surface area contributed by atoms with Gasteiger partial charge in [0.1, 0.15) is 11.6 Å². The Morgan fingerprint density at radius 1 is 1.33 bits per heavy atom. The van der Waals surface area contributed by atoms with E-state index >= 15 is 0 Å². The minimum atomic E-state index is -0.597. The summed E-state index contributed by atoms with van der Waals surface area (Å²) in [5, 5.41) is 0. The molecule has 0 heterocycles. The normalized spacial score (nSPS) is 13.2. The lowest BCUT2D eigenvalue weighted by Crippen LogP contribution is -2.20. The lowest BCUT2D eigenvalue weighted by molar-refractivity contribution is 0.00989. The van der Waals surface area contributed by atoms with Crippen LogP contribution >= 0.6 is 0 Å². The van der Waals surface area contributed by atoms with Crippen LogP contribution in [-0.4, -0.2) is 12.6 Å². The Hall–Kier alpha value is -1.00. The van der Waals surface area contributed by atoms with Crippen molar-refractivity contribution in [3.05, 3.63) is 35.4 Å². The molecular weight excluding hydrogens is 200 g/mol. The molecule has 0 aliphatic rings. The number of halogens is 2. The van der Waals surface area contributed by atoms with Crippen molar-refractivity contribution in [3.8, 4) is 0 Å². The predicted octanol–water partition coefficient (Wildman–Crippen LogP) is 2.39. The van der Waals surface area contributed by atoms with Crippen LogP contribution in [0.25, 0.3) is 0 Å². The third-order valence-electron chi connectivity index (χ3n) is 1.96. The summed E-state index contributed by atoms with van der Waals surface area (Å²) in [5.41, 5.74) is 5.63. The second-order valence-corrected chi connectivity index (χ2v) is 3.58. The van der Waals surface area contributed by atoms with Gasteiger partial charge in [0.25, 0.3) is 0 Å². The van der Waals surface area contributed by atoms with Crippen molar-refractivity contribution in [2.24, 2.45) is 5.73 Å². The van der Waals surface area contributed by atoms with E-state index in [1.54, 1.807) is 0 Å². The lowest BCUT2D eigenvalue weighted by atomic mass is 10.1. The molecule has 0 aliphatic heterocycles. The maximum atomic E-state index is 13.4. The Bertz CT molecular complexity index is 328. The van der Waals surface area contributed by atoms with E-state index in [-0.39, 0.29) is 18.2 Å². The second kappa shape index (κ2) is 5.19. The average Bonchev–Trinajstić information content (AvgIpc) is 2.18. The molecule has 4 heteroatoms. The maximum Gasteiger partial charge on any atom is 0.129 e. The van der Waals surface area contributed by atoms with Crippen LogP contribution in [0.1, 0.15) is 25.5 Å². The van der Waals surface area contributed by atoms with E-state index in [0.717, 1.165) is 18.2 Å². The minimum Gasteiger partial charge on any atom is -0.369 e. The van der Waals surface area contributed by atoms with Gasteiger partial charge in [-0.2, -0.15) is 0 Å². The van der Waals surface area contributed by atoms with Gasteiger partial charge in [0, 0.05) is 12.1 Å². The molecule has 0 spiro atoms. The smallest absolute Gasteiger partial charge is 0.129 e. The van der Waals surface area contributed by atoms with Gasteiger partial charge in [-0.15, -0.1) is 0 Å².